The third kappa shape index (κ3) is 4.52. The maximum Gasteiger partial charge on any atom is 0.0143 e. The molecule has 0 aromatic heterocycles. The molecule has 100 valence electrons. The molecule has 0 saturated heterocycles. The molecule has 0 unspecified atom stereocenters. The summed E-state index contributed by atoms with van der Waals surface area (Å²) in [5, 5.41) is 0. The Balaban J connectivity index is 5.66. The highest BCUT2D eigenvalue weighted by Crippen LogP contribution is 2.37. The van der Waals surface area contributed by atoms with Crippen LogP contribution in [-0.4, -0.2) is 0 Å². The first-order valence-electron chi connectivity index (χ1n) is 6.58. The average molecular weight is 244 g/mol. The average Bonchev–Trinajstić information content (AvgIpc) is 2.31. The van der Waals surface area contributed by atoms with Gasteiger partial charge < -0.3 is 0 Å². The van der Waals surface area contributed by atoms with Crippen LogP contribution < -0.4 is 0 Å². The topological polar surface area (TPSA) is 0 Å². The second-order valence-electron chi connectivity index (χ2n) is 5.43. The zero-order chi connectivity index (χ0) is 14.3. The standard InChI is InChI=1S/C18H28/c1-9-15(6)13-17(11-3)18(7,8)16(10-2)12-14(4)5/h9-13H,3H2,1-2,4-8H3/b15-9-,16-10+,17-13+. The van der Waals surface area contributed by atoms with Crippen molar-refractivity contribution in [2.75, 3.05) is 0 Å². The Kier molecular flexibility index (Phi) is 6.68. The highest BCUT2D eigenvalue weighted by atomic mass is 14.3. The van der Waals surface area contributed by atoms with Crippen LogP contribution in [0.5, 0.6) is 0 Å². The van der Waals surface area contributed by atoms with E-state index in [4.69, 9.17) is 0 Å². The minimum atomic E-state index is -0.0158. The fourth-order valence-electron chi connectivity index (χ4n) is 1.93. The molecule has 18 heavy (non-hydrogen) atoms. The van der Waals surface area contributed by atoms with Gasteiger partial charge >= 0.3 is 0 Å². The molecule has 0 N–H and O–H groups in total. The van der Waals surface area contributed by atoms with Gasteiger partial charge in [0.2, 0.25) is 0 Å². The summed E-state index contributed by atoms with van der Waals surface area (Å²) >= 11 is 0. The van der Waals surface area contributed by atoms with E-state index in [0.29, 0.717) is 0 Å². The molecule has 0 aromatic rings. The predicted molar refractivity (Wildman–Crippen MR) is 84.7 cm³/mol. The molecule has 0 heterocycles. The van der Waals surface area contributed by atoms with Crippen LogP contribution in [0.15, 0.2) is 59.3 Å². The molecule has 0 rings (SSSR count). The van der Waals surface area contributed by atoms with Crippen LogP contribution >= 0.6 is 0 Å². The van der Waals surface area contributed by atoms with E-state index in [9.17, 15) is 0 Å². The van der Waals surface area contributed by atoms with E-state index < -0.39 is 0 Å². The Labute approximate surface area is 113 Å². The van der Waals surface area contributed by atoms with Gasteiger partial charge in [-0.15, -0.1) is 0 Å². The Hall–Kier alpha value is -1.30. The van der Waals surface area contributed by atoms with Crippen molar-refractivity contribution in [3.63, 3.8) is 0 Å². The maximum atomic E-state index is 3.97. The van der Waals surface area contributed by atoms with E-state index in [-0.39, 0.29) is 5.41 Å². The van der Waals surface area contributed by atoms with Gasteiger partial charge in [-0.3, -0.25) is 0 Å². The third-order valence-corrected chi connectivity index (χ3v) is 3.26. The first kappa shape index (κ1) is 16.7. The maximum absolute atomic E-state index is 3.97. The SMILES string of the molecule is C=C/C(=C\C(C)=C/C)C(C)(C)/C(C=C(C)C)=C/C. The van der Waals surface area contributed by atoms with E-state index in [1.54, 1.807) is 0 Å². The monoisotopic (exact) mass is 244 g/mol. The van der Waals surface area contributed by atoms with Crippen LogP contribution in [0, 0.1) is 5.41 Å². The summed E-state index contributed by atoms with van der Waals surface area (Å²) < 4.78 is 0. The molecular formula is C18H28. The second kappa shape index (κ2) is 7.20. The highest BCUT2D eigenvalue weighted by Gasteiger charge is 2.24. The molecule has 0 aliphatic heterocycles. The van der Waals surface area contributed by atoms with Gasteiger partial charge in [-0.25, -0.2) is 0 Å². The normalized spacial score (nSPS) is 14.5. The minimum Gasteiger partial charge on any atom is -0.0988 e. The van der Waals surface area contributed by atoms with Gasteiger partial charge in [-0.05, 0) is 45.8 Å². The van der Waals surface area contributed by atoms with Gasteiger partial charge in [0, 0.05) is 5.41 Å². The second-order valence-corrected chi connectivity index (χ2v) is 5.43. The van der Waals surface area contributed by atoms with Crippen LogP contribution in [0.25, 0.3) is 0 Å². The lowest BCUT2D eigenvalue weighted by molar-refractivity contribution is 0.564. The van der Waals surface area contributed by atoms with Crippen LogP contribution in [0.4, 0.5) is 0 Å². The van der Waals surface area contributed by atoms with E-state index in [0.717, 1.165) is 0 Å². The van der Waals surface area contributed by atoms with E-state index in [1.165, 1.54) is 22.3 Å². The molecule has 0 fully saturated rings. The number of allylic oxidation sites excluding steroid dienone is 9. The number of hydrogen-bond acceptors (Lipinski definition) is 0. The molecule has 0 amide bonds. The van der Waals surface area contributed by atoms with E-state index >= 15 is 0 Å². The van der Waals surface area contributed by atoms with Crippen molar-refractivity contribution < 1.29 is 0 Å². The Morgan fingerprint density at radius 1 is 0.889 bits per heavy atom. The summed E-state index contributed by atoms with van der Waals surface area (Å²) in [4.78, 5) is 0. The van der Waals surface area contributed by atoms with E-state index in [2.05, 4.69) is 79.3 Å². The number of rotatable bonds is 5. The largest absolute Gasteiger partial charge is 0.0988 e. The van der Waals surface area contributed by atoms with Crippen molar-refractivity contribution in [2.24, 2.45) is 5.41 Å². The lowest BCUT2D eigenvalue weighted by atomic mass is 9.75. The van der Waals surface area contributed by atoms with Crippen LogP contribution in [0.2, 0.25) is 0 Å². The first-order chi connectivity index (χ1) is 8.29. The van der Waals surface area contributed by atoms with Crippen molar-refractivity contribution >= 4 is 0 Å². The Bertz CT molecular complexity index is 405. The molecule has 0 saturated carbocycles. The molecule has 0 bridgehead atoms. The summed E-state index contributed by atoms with van der Waals surface area (Å²) in [7, 11) is 0. The summed E-state index contributed by atoms with van der Waals surface area (Å²) in [5.41, 5.74) is 5.16. The van der Waals surface area contributed by atoms with Crippen molar-refractivity contribution in [2.45, 2.75) is 48.5 Å². The summed E-state index contributed by atoms with van der Waals surface area (Å²) in [5.74, 6) is 0. The molecule has 0 aromatic carbocycles. The molecule has 0 heteroatoms. The van der Waals surface area contributed by atoms with E-state index in [1.807, 2.05) is 6.08 Å². The van der Waals surface area contributed by atoms with Gasteiger partial charge in [0.1, 0.15) is 0 Å². The Morgan fingerprint density at radius 3 is 1.78 bits per heavy atom. The number of hydrogen-bond donors (Lipinski definition) is 0. The first-order valence-corrected chi connectivity index (χ1v) is 6.58. The quantitative estimate of drug-likeness (QED) is 0.520. The van der Waals surface area contributed by atoms with Gasteiger partial charge in [0.15, 0.2) is 0 Å². The van der Waals surface area contributed by atoms with Crippen molar-refractivity contribution in [3.8, 4) is 0 Å². The predicted octanol–water partition coefficient (Wildman–Crippen LogP) is 6.00. The fourth-order valence-corrected chi connectivity index (χ4v) is 1.93. The van der Waals surface area contributed by atoms with Gasteiger partial charge in [0.25, 0.3) is 0 Å². The smallest absolute Gasteiger partial charge is 0.0143 e. The molecule has 0 atom stereocenters. The van der Waals surface area contributed by atoms with Gasteiger partial charge in [-0.1, -0.05) is 62.0 Å². The lowest BCUT2D eigenvalue weighted by Crippen LogP contribution is -2.16. The zero-order valence-corrected chi connectivity index (χ0v) is 13.1. The molecular weight excluding hydrogens is 216 g/mol. The van der Waals surface area contributed by atoms with Crippen molar-refractivity contribution in [3.05, 3.63) is 59.3 Å². The summed E-state index contributed by atoms with van der Waals surface area (Å²) in [6.45, 7) is 19.0. The summed E-state index contributed by atoms with van der Waals surface area (Å²) in [6.07, 6.45) is 10.7. The zero-order valence-electron chi connectivity index (χ0n) is 13.1. The fraction of sp³-hybridized carbons (Fsp3) is 0.444. The third-order valence-electron chi connectivity index (χ3n) is 3.26. The molecule has 0 spiro atoms. The van der Waals surface area contributed by atoms with Crippen molar-refractivity contribution in [1.82, 2.24) is 0 Å². The van der Waals surface area contributed by atoms with Gasteiger partial charge in [0.05, 0.1) is 0 Å². The summed E-state index contributed by atoms with van der Waals surface area (Å²) in [6, 6.07) is 0. The van der Waals surface area contributed by atoms with Crippen LogP contribution in [0.1, 0.15) is 48.5 Å². The highest BCUT2D eigenvalue weighted by molar-refractivity contribution is 5.42. The van der Waals surface area contributed by atoms with Gasteiger partial charge in [-0.2, -0.15) is 0 Å². The lowest BCUT2D eigenvalue weighted by Gasteiger charge is -2.29. The van der Waals surface area contributed by atoms with Crippen LogP contribution in [-0.2, 0) is 0 Å². The van der Waals surface area contributed by atoms with Crippen molar-refractivity contribution in [1.29, 1.82) is 0 Å². The molecule has 0 aliphatic carbocycles. The molecule has 0 aliphatic rings. The Morgan fingerprint density at radius 2 is 1.44 bits per heavy atom. The van der Waals surface area contributed by atoms with Crippen LogP contribution in [0.3, 0.4) is 0 Å². The minimum absolute atomic E-state index is 0.0158. The molecule has 0 radical (unpaired) electrons. The molecule has 0 nitrogen and oxygen atoms in total.